The van der Waals surface area contributed by atoms with E-state index in [1.165, 1.54) is 43.4 Å². The van der Waals surface area contributed by atoms with Gasteiger partial charge in [-0.1, -0.05) is 37.5 Å². The minimum atomic E-state index is 0.131. The maximum atomic E-state index is 12.8. The Bertz CT molecular complexity index is 651. The van der Waals surface area contributed by atoms with Gasteiger partial charge in [-0.2, -0.15) is 0 Å². The summed E-state index contributed by atoms with van der Waals surface area (Å²) in [6, 6.07) is 8.86. The molecule has 0 bridgehead atoms. The predicted molar refractivity (Wildman–Crippen MR) is 108 cm³/mol. The van der Waals surface area contributed by atoms with Crippen molar-refractivity contribution in [3.63, 3.8) is 0 Å². The molecule has 0 unspecified atom stereocenters. The molecular weight excluding hydrogens is 338 g/mol. The minimum absolute atomic E-state index is 0.131. The van der Waals surface area contributed by atoms with Crippen LogP contribution in [0.5, 0.6) is 0 Å². The molecule has 1 aliphatic carbocycles. The predicted octanol–water partition coefficient (Wildman–Crippen LogP) is 2.59. The standard InChI is InChI=1S/C22H33N3O2/c1-18-15-19-7-3-4-8-20(19)25(18)16-21(26)23-17-22(9-5-2-6-10-22)24-11-13-27-14-12-24/h3-4,7-8,18H,2,5-6,9-17H2,1H3,(H,23,26)/t18-/m1/s1. The van der Waals surface area contributed by atoms with Crippen LogP contribution in [0.15, 0.2) is 24.3 Å². The molecule has 5 heteroatoms. The summed E-state index contributed by atoms with van der Waals surface area (Å²) in [6.45, 7) is 7.06. The molecule has 2 aliphatic heterocycles. The lowest BCUT2D eigenvalue weighted by Crippen LogP contribution is -2.60. The Labute approximate surface area is 163 Å². The van der Waals surface area contributed by atoms with Crippen molar-refractivity contribution < 1.29 is 9.53 Å². The highest BCUT2D eigenvalue weighted by Crippen LogP contribution is 2.34. The molecule has 3 aliphatic rings. The lowest BCUT2D eigenvalue weighted by atomic mass is 9.79. The largest absolute Gasteiger partial charge is 0.379 e. The molecule has 1 saturated heterocycles. The van der Waals surface area contributed by atoms with E-state index in [4.69, 9.17) is 4.74 Å². The molecule has 0 spiro atoms. The lowest BCUT2D eigenvalue weighted by molar-refractivity contribution is -0.121. The van der Waals surface area contributed by atoms with Gasteiger partial charge in [-0.3, -0.25) is 9.69 Å². The van der Waals surface area contributed by atoms with E-state index in [1.807, 2.05) is 0 Å². The number of amides is 1. The first-order valence-corrected chi connectivity index (χ1v) is 10.6. The van der Waals surface area contributed by atoms with Gasteiger partial charge in [-0.05, 0) is 37.8 Å². The van der Waals surface area contributed by atoms with Gasteiger partial charge >= 0.3 is 0 Å². The van der Waals surface area contributed by atoms with Crippen LogP contribution in [0.2, 0.25) is 0 Å². The average Bonchev–Trinajstić information content (AvgIpc) is 3.03. The first-order valence-electron chi connectivity index (χ1n) is 10.6. The monoisotopic (exact) mass is 371 g/mol. The van der Waals surface area contributed by atoms with Gasteiger partial charge in [0.15, 0.2) is 0 Å². The Kier molecular flexibility index (Phi) is 5.69. The van der Waals surface area contributed by atoms with Crippen LogP contribution in [-0.4, -0.2) is 61.8 Å². The van der Waals surface area contributed by atoms with E-state index in [-0.39, 0.29) is 11.4 Å². The average molecular weight is 372 g/mol. The topological polar surface area (TPSA) is 44.8 Å². The number of benzene rings is 1. The van der Waals surface area contributed by atoms with Crippen LogP contribution < -0.4 is 10.2 Å². The maximum absolute atomic E-state index is 12.8. The number of nitrogens with zero attached hydrogens (tertiary/aromatic N) is 2. The third-order valence-corrected chi connectivity index (χ3v) is 6.74. The molecule has 1 saturated carbocycles. The van der Waals surface area contributed by atoms with Crippen molar-refractivity contribution in [2.24, 2.45) is 0 Å². The molecular formula is C22H33N3O2. The lowest BCUT2D eigenvalue weighted by Gasteiger charge is -2.48. The van der Waals surface area contributed by atoms with Gasteiger partial charge in [-0.25, -0.2) is 0 Å². The fourth-order valence-electron chi connectivity index (χ4n) is 5.20. The summed E-state index contributed by atoms with van der Waals surface area (Å²) < 4.78 is 5.56. The highest BCUT2D eigenvalue weighted by Gasteiger charge is 2.39. The number of hydrogen-bond donors (Lipinski definition) is 1. The number of hydrogen-bond acceptors (Lipinski definition) is 4. The fraction of sp³-hybridized carbons (Fsp3) is 0.682. The second-order valence-corrected chi connectivity index (χ2v) is 8.47. The Morgan fingerprint density at radius 3 is 2.70 bits per heavy atom. The molecule has 1 atom stereocenters. The molecule has 0 aromatic heterocycles. The summed E-state index contributed by atoms with van der Waals surface area (Å²) in [5.74, 6) is 0.150. The minimum Gasteiger partial charge on any atom is -0.379 e. The highest BCUT2D eigenvalue weighted by atomic mass is 16.5. The maximum Gasteiger partial charge on any atom is 0.239 e. The summed E-state index contributed by atoms with van der Waals surface area (Å²) >= 11 is 0. The van der Waals surface area contributed by atoms with Gasteiger partial charge in [0, 0.05) is 36.9 Å². The zero-order valence-corrected chi connectivity index (χ0v) is 16.6. The van der Waals surface area contributed by atoms with E-state index < -0.39 is 0 Å². The molecule has 1 aromatic carbocycles. The van der Waals surface area contributed by atoms with Crippen LogP contribution in [0.1, 0.15) is 44.6 Å². The van der Waals surface area contributed by atoms with E-state index in [2.05, 4.69) is 46.3 Å². The van der Waals surface area contributed by atoms with Gasteiger partial charge in [0.2, 0.25) is 5.91 Å². The van der Waals surface area contributed by atoms with Crippen molar-refractivity contribution in [1.29, 1.82) is 0 Å². The van der Waals surface area contributed by atoms with Crippen molar-refractivity contribution in [3.05, 3.63) is 29.8 Å². The first kappa shape index (κ1) is 18.8. The Balaban J connectivity index is 1.38. The van der Waals surface area contributed by atoms with Crippen LogP contribution in [0.4, 0.5) is 5.69 Å². The number of rotatable bonds is 5. The van der Waals surface area contributed by atoms with Gasteiger partial charge < -0.3 is 15.0 Å². The number of para-hydroxylation sites is 1. The van der Waals surface area contributed by atoms with Crippen molar-refractivity contribution >= 4 is 11.6 Å². The molecule has 5 nitrogen and oxygen atoms in total. The number of morpholine rings is 1. The van der Waals surface area contributed by atoms with Crippen molar-refractivity contribution in [2.45, 2.75) is 57.0 Å². The molecule has 1 aromatic rings. The van der Waals surface area contributed by atoms with E-state index in [0.717, 1.165) is 39.3 Å². The molecule has 1 N–H and O–H groups in total. The molecule has 4 rings (SSSR count). The zero-order valence-electron chi connectivity index (χ0n) is 16.6. The van der Waals surface area contributed by atoms with E-state index in [1.54, 1.807) is 0 Å². The van der Waals surface area contributed by atoms with E-state index in [0.29, 0.717) is 12.6 Å². The second-order valence-electron chi connectivity index (χ2n) is 8.47. The van der Waals surface area contributed by atoms with Crippen LogP contribution in [0.3, 0.4) is 0 Å². The van der Waals surface area contributed by atoms with Crippen molar-refractivity contribution in [3.8, 4) is 0 Å². The number of ether oxygens (including phenoxy) is 1. The molecule has 148 valence electrons. The molecule has 1 amide bonds. The molecule has 27 heavy (non-hydrogen) atoms. The van der Waals surface area contributed by atoms with Crippen LogP contribution in [0, 0.1) is 0 Å². The number of fused-ring (bicyclic) bond motifs is 1. The first-order chi connectivity index (χ1) is 13.2. The Morgan fingerprint density at radius 2 is 1.93 bits per heavy atom. The second kappa shape index (κ2) is 8.19. The summed E-state index contributed by atoms with van der Waals surface area (Å²) in [6.07, 6.45) is 7.27. The Hall–Kier alpha value is -1.59. The van der Waals surface area contributed by atoms with Crippen LogP contribution >= 0.6 is 0 Å². The van der Waals surface area contributed by atoms with E-state index in [9.17, 15) is 4.79 Å². The highest BCUT2D eigenvalue weighted by molar-refractivity contribution is 5.82. The van der Waals surface area contributed by atoms with Crippen LogP contribution in [0.25, 0.3) is 0 Å². The number of nitrogens with one attached hydrogen (secondary N) is 1. The smallest absolute Gasteiger partial charge is 0.239 e. The van der Waals surface area contributed by atoms with Gasteiger partial charge in [-0.15, -0.1) is 0 Å². The quantitative estimate of drug-likeness (QED) is 0.864. The summed E-state index contributed by atoms with van der Waals surface area (Å²) in [5.41, 5.74) is 2.71. The summed E-state index contributed by atoms with van der Waals surface area (Å²) in [7, 11) is 0. The number of carbonyl (C=O) groups is 1. The van der Waals surface area contributed by atoms with Crippen molar-refractivity contribution in [2.75, 3.05) is 44.3 Å². The SMILES string of the molecule is C[C@@H]1Cc2ccccc2N1CC(=O)NCC1(N2CCOCC2)CCCCC1. The van der Waals surface area contributed by atoms with Gasteiger partial charge in [0.25, 0.3) is 0 Å². The van der Waals surface area contributed by atoms with E-state index >= 15 is 0 Å². The third kappa shape index (κ3) is 3.99. The van der Waals surface area contributed by atoms with Gasteiger partial charge in [0.05, 0.1) is 19.8 Å². The molecule has 2 heterocycles. The summed E-state index contributed by atoms with van der Waals surface area (Å²) in [4.78, 5) is 17.7. The molecule has 0 radical (unpaired) electrons. The normalized spacial score (nSPS) is 25.2. The van der Waals surface area contributed by atoms with Crippen molar-refractivity contribution in [1.82, 2.24) is 10.2 Å². The summed E-state index contributed by atoms with van der Waals surface area (Å²) in [5, 5.41) is 3.31. The number of anilines is 1. The number of carbonyl (C=O) groups excluding carboxylic acids is 1. The zero-order chi connectivity index (χ0) is 18.7. The van der Waals surface area contributed by atoms with Crippen LogP contribution in [-0.2, 0) is 16.0 Å². The fourth-order valence-corrected chi connectivity index (χ4v) is 5.20. The Morgan fingerprint density at radius 1 is 1.19 bits per heavy atom. The van der Waals surface area contributed by atoms with Gasteiger partial charge in [0.1, 0.15) is 0 Å². The molecule has 2 fully saturated rings. The third-order valence-electron chi connectivity index (χ3n) is 6.74.